The molecule has 3 heterocycles. The number of thiocarbonyl (C=S) groups is 1. The summed E-state index contributed by atoms with van der Waals surface area (Å²) in [7, 11) is 1.41. The number of hydrogen-bond donors (Lipinski definition) is 1. The van der Waals surface area contributed by atoms with E-state index in [2.05, 4.69) is 64.8 Å². The molecule has 0 unspecified atom stereocenters. The quantitative estimate of drug-likeness (QED) is 0.447. The lowest BCUT2D eigenvalue weighted by molar-refractivity contribution is -0.140. The van der Waals surface area contributed by atoms with Crippen molar-refractivity contribution in [2.45, 2.75) is 39.3 Å². The fourth-order valence-corrected chi connectivity index (χ4v) is 5.01. The minimum Gasteiger partial charge on any atom is -0.469 e. The smallest absolute Gasteiger partial charge is 0.307 e. The lowest BCUT2D eigenvalue weighted by atomic mass is 9.93. The fraction of sp³-hybridized carbons (Fsp3) is 0.320. The Bertz CT molecular complexity index is 1130. The molecule has 1 aliphatic rings. The molecule has 2 aromatic heterocycles. The summed E-state index contributed by atoms with van der Waals surface area (Å²) in [5.41, 5.74) is 6.82. The average Bonchev–Trinajstić information content (AvgIpc) is 3.25. The van der Waals surface area contributed by atoms with E-state index in [9.17, 15) is 4.79 Å². The zero-order valence-corrected chi connectivity index (χ0v) is 19.6. The minimum absolute atomic E-state index is 0.0919. The van der Waals surface area contributed by atoms with Gasteiger partial charge in [0.15, 0.2) is 5.11 Å². The first-order valence-corrected chi connectivity index (χ1v) is 11.1. The highest BCUT2D eigenvalue weighted by Gasteiger charge is 2.42. The van der Waals surface area contributed by atoms with Gasteiger partial charge in [-0.2, -0.15) is 0 Å². The molecule has 1 aromatic carbocycles. The Labute approximate surface area is 194 Å². The fourth-order valence-electron chi connectivity index (χ4n) is 4.68. The van der Waals surface area contributed by atoms with Crippen LogP contribution in [0.25, 0.3) is 5.69 Å². The Hall–Kier alpha value is -3.19. The number of carbonyl (C=O) groups is 1. The third-order valence-electron chi connectivity index (χ3n) is 6.30. The van der Waals surface area contributed by atoms with Gasteiger partial charge in [-0.25, -0.2) is 0 Å². The molecule has 1 aliphatic heterocycles. The monoisotopic (exact) mass is 448 g/mol. The molecule has 166 valence electrons. The van der Waals surface area contributed by atoms with Gasteiger partial charge in [0.2, 0.25) is 0 Å². The van der Waals surface area contributed by atoms with Crippen molar-refractivity contribution in [3.8, 4) is 5.69 Å². The van der Waals surface area contributed by atoms with Crippen LogP contribution in [-0.2, 0) is 9.53 Å². The van der Waals surface area contributed by atoms with Gasteiger partial charge in [0.1, 0.15) is 0 Å². The first kappa shape index (κ1) is 22.0. The maximum absolute atomic E-state index is 11.9. The summed E-state index contributed by atoms with van der Waals surface area (Å²) < 4.78 is 7.17. The van der Waals surface area contributed by atoms with Crippen LogP contribution in [0.4, 0.5) is 0 Å². The van der Waals surface area contributed by atoms with Crippen LogP contribution in [0.1, 0.15) is 46.7 Å². The second-order valence-corrected chi connectivity index (χ2v) is 8.41. The van der Waals surface area contributed by atoms with E-state index < -0.39 is 0 Å². The Balaban J connectivity index is 1.84. The zero-order chi connectivity index (χ0) is 22.8. The predicted octanol–water partition coefficient (Wildman–Crippen LogP) is 4.33. The number of pyridine rings is 1. The van der Waals surface area contributed by atoms with Crippen molar-refractivity contribution in [3.05, 3.63) is 82.9 Å². The molecule has 1 saturated heterocycles. The summed E-state index contributed by atoms with van der Waals surface area (Å²) in [5, 5.41) is 4.09. The lowest BCUT2D eigenvalue weighted by Crippen LogP contribution is -2.32. The molecule has 0 bridgehead atoms. The van der Waals surface area contributed by atoms with Crippen molar-refractivity contribution < 1.29 is 9.53 Å². The van der Waals surface area contributed by atoms with Crippen molar-refractivity contribution in [1.82, 2.24) is 19.8 Å². The van der Waals surface area contributed by atoms with Crippen LogP contribution >= 0.6 is 12.2 Å². The summed E-state index contributed by atoms with van der Waals surface area (Å²) in [4.78, 5) is 18.6. The van der Waals surface area contributed by atoms with Crippen LogP contribution in [-0.4, -0.2) is 39.2 Å². The number of rotatable bonds is 6. The topological polar surface area (TPSA) is 59.4 Å². The average molecular weight is 449 g/mol. The van der Waals surface area contributed by atoms with E-state index in [0.29, 0.717) is 11.7 Å². The molecule has 0 spiro atoms. The lowest BCUT2D eigenvalue weighted by Gasteiger charge is -2.28. The molecule has 1 N–H and O–H groups in total. The number of carbonyl (C=O) groups excluding carboxylic acids is 1. The van der Waals surface area contributed by atoms with E-state index in [4.69, 9.17) is 17.0 Å². The summed E-state index contributed by atoms with van der Waals surface area (Å²) in [6.07, 6.45) is 2.06. The van der Waals surface area contributed by atoms with Crippen molar-refractivity contribution in [2.75, 3.05) is 13.7 Å². The summed E-state index contributed by atoms with van der Waals surface area (Å²) in [5.74, 6) is -0.251. The number of para-hydroxylation sites is 1. The van der Waals surface area contributed by atoms with Crippen molar-refractivity contribution in [2.24, 2.45) is 0 Å². The van der Waals surface area contributed by atoms with Gasteiger partial charge in [-0.3, -0.25) is 9.78 Å². The SMILES string of the molecule is COC(=O)CCN1C(=S)N[C@H](c2ccccn2)[C@@H]1c1c(C)c(C)n(-c2ccccc2)c1C. The minimum atomic E-state index is -0.251. The highest BCUT2D eigenvalue weighted by Crippen LogP contribution is 2.43. The number of methoxy groups -OCH3 is 1. The Morgan fingerprint density at radius 1 is 1.09 bits per heavy atom. The molecule has 32 heavy (non-hydrogen) atoms. The molecule has 0 saturated carbocycles. The number of esters is 1. The van der Waals surface area contributed by atoms with E-state index in [1.165, 1.54) is 23.9 Å². The molecule has 0 amide bonds. The summed E-state index contributed by atoms with van der Waals surface area (Å²) in [6, 6.07) is 16.1. The molecule has 2 atom stereocenters. The molecule has 7 heteroatoms. The maximum atomic E-state index is 11.9. The second kappa shape index (κ2) is 9.12. The van der Waals surface area contributed by atoms with Crippen LogP contribution in [0.2, 0.25) is 0 Å². The maximum Gasteiger partial charge on any atom is 0.307 e. The standard InChI is InChI=1S/C25H28N4O2S/c1-16-17(2)29(19-10-6-5-7-11-19)18(3)22(16)24-23(20-12-8-9-14-26-20)27-25(32)28(24)15-13-21(30)31-4/h5-12,14,23-24H,13,15H2,1-4H3,(H,27,32)/t23-,24+/m1/s1. The third kappa shape index (κ3) is 3.88. The number of ether oxygens (including phenoxy) is 1. The molecule has 4 rings (SSSR count). The Morgan fingerprint density at radius 2 is 1.81 bits per heavy atom. The van der Waals surface area contributed by atoms with Crippen molar-refractivity contribution >= 4 is 23.3 Å². The number of benzene rings is 1. The number of aromatic nitrogens is 2. The highest BCUT2D eigenvalue weighted by molar-refractivity contribution is 7.80. The van der Waals surface area contributed by atoms with Gasteiger partial charge in [0.25, 0.3) is 0 Å². The van der Waals surface area contributed by atoms with Crippen molar-refractivity contribution in [3.63, 3.8) is 0 Å². The van der Waals surface area contributed by atoms with E-state index in [1.54, 1.807) is 6.20 Å². The molecule has 0 radical (unpaired) electrons. The van der Waals surface area contributed by atoms with Gasteiger partial charge in [-0.05, 0) is 62.8 Å². The first-order valence-electron chi connectivity index (χ1n) is 10.7. The number of hydrogen-bond acceptors (Lipinski definition) is 4. The first-order chi connectivity index (χ1) is 15.4. The normalized spacial score (nSPS) is 18.0. The molecule has 1 fully saturated rings. The van der Waals surface area contributed by atoms with Gasteiger partial charge in [0, 0.05) is 35.4 Å². The van der Waals surface area contributed by atoms with E-state index >= 15 is 0 Å². The highest BCUT2D eigenvalue weighted by atomic mass is 32.1. The Kier molecular flexibility index (Phi) is 6.28. The van der Waals surface area contributed by atoms with Gasteiger partial charge >= 0.3 is 5.97 Å². The van der Waals surface area contributed by atoms with Crippen LogP contribution in [0, 0.1) is 20.8 Å². The van der Waals surface area contributed by atoms with Crippen LogP contribution in [0.3, 0.4) is 0 Å². The molecular weight excluding hydrogens is 420 g/mol. The molecular formula is C25H28N4O2S. The van der Waals surface area contributed by atoms with E-state index in [-0.39, 0.29) is 24.5 Å². The van der Waals surface area contributed by atoms with Crippen LogP contribution in [0.15, 0.2) is 54.7 Å². The largest absolute Gasteiger partial charge is 0.469 e. The number of nitrogens with zero attached hydrogens (tertiary/aromatic N) is 3. The molecule has 3 aromatic rings. The summed E-state index contributed by atoms with van der Waals surface area (Å²) in [6.45, 7) is 6.93. The van der Waals surface area contributed by atoms with Crippen LogP contribution in [0.5, 0.6) is 0 Å². The van der Waals surface area contributed by atoms with Crippen LogP contribution < -0.4 is 5.32 Å². The molecule has 0 aliphatic carbocycles. The van der Waals surface area contributed by atoms with Gasteiger partial charge in [-0.15, -0.1) is 0 Å². The summed E-state index contributed by atoms with van der Waals surface area (Å²) >= 11 is 5.73. The zero-order valence-electron chi connectivity index (χ0n) is 18.8. The third-order valence-corrected chi connectivity index (χ3v) is 6.65. The number of nitrogens with one attached hydrogen (secondary N) is 1. The van der Waals surface area contributed by atoms with Crippen molar-refractivity contribution in [1.29, 1.82) is 0 Å². The second-order valence-electron chi connectivity index (χ2n) is 8.03. The van der Waals surface area contributed by atoms with Gasteiger partial charge in [0.05, 0.1) is 31.3 Å². The van der Waals surface area contributed by atoms with E-state index in [1.807, 2.05) is 24.3 Å². The van der Waals surface area contributed by atoms with Gasteiger partial charge < -0.3 is 19.5 Å². The predicted molar refractivity (Wildman–Crippen MR) is 129 cm³/mol. The van der Waals surface area contributed by atoms with E-state index in [0.717, 1.165) is 17.1 Å². The van der Waals surface area contributed by atoms with Gasteiger partial charge in [-0.1, -0.05) is 24.3 Å². The molecule has 6 nitrogen and oxygen atoms in total. The Morgan fingerprint density at radius 3 is 2.47 bits per heavy atom.